The summed E-state index contributed by atoms with van der Waals surface area (Å²) >= 11 is 11.5. The van der Waals surface area contributed by atoms with Gasteiger partial charge in [0, 0.05) is 16.1 Å². The van der Waals surface area contributed by atoms with Crippen molar-refractivity contribution in [1.29, 1.82) is 0 Å². The fourth-order valence-electron chi connectivity index (χ4n) is 2.50. The molecule has 6 nitrogen and oxygen atoms in total. The standard InChI is InChI=1S/C17H12ClN5OS/c18-14-8-6-13(7-9-14)16-23(22-10-19-20-11-22)17(25)21-15(24-16)12-4-2-1-3-5-12/h1-11,16H. The van der Waals surface area contributed by atoms with Crippen LogP contribution in [0.4, 0.5) is 0 Å². The molecule has 1 aromatic heterocycles. The minimum Gasteiger partial charge on any atom is -0.447 e. The third kappa shape index (κ3) is 3.11. The van der Waals surface area contributed by atoms with Gasteiger partial charge < -0.3 is 4.74 Å². The molecule has 0 N–H and O–H groups in total. The summed E-state index contributed by atoms with van der Waals surface area (Å²) in [5.41, 5.74) is 1.73. The summed E-state index contributed by atoms with van der Waals surface area (Å²) in [5.74, 6) is 0.467. The van der Waals surface area contributed by atoms with E-state index in [9.17, 15) is 0 Å². The third-order valence-corrected chi connectivity index (χ3v) is 4.20. The first kappa shape index (κ1) is 15.7. The van der Waals surface area contributed by atoms with Crippen molar-refractivity contribution in [2.45, 2.75) is 6.23 Å². The molecule has 8 heteroatoms. The molecule has 2 aromatic carbocycles. The molecule has 3 aromatic rings. The summed E-state index contributed by atoms with van der Waals surface area (Å²) in [6.45, 7) is 0. The summed E-state index contributed by atoms with van der Waals surface area (Å²) in [4.78, 5) is 4.43. The molecule has 0 saturated carbocycles. The van der Waals surface area contributed by atoms with Crippen LogP contribution in [0.25, 0.3) is 0 Å². The van der Waals surface area contributed by atoms with Gasteiger partial charge in [0.2, 0.25) is 17.2 Å². The van der Waals surface area contributed by atoms with E-state index in [1.807, 2.05) is 54.6 Å². The van der Waals surface area contributed by atoms with Crippen molar-refractivity contribution in [1.82, 2.24) is 14.9 Å². The highest BCUT2D eigenvalue weighted by Crippen LogP contribution is 2.28. The smallest absolute Gasteiger partial charge is 0.225 e. The second-order valence-corrected chi connectivity index (χ2v) is 6.08. The first-order chi connectivity index (χ1) is 12.2. The number of aromatic nitrogens is 3. The van der Waals surface area contributed by atoms with Crippen molar-refractivity contribution in [2.24, 2.45) is 4.99 Å². The van der Waals surface area contributed by atoms with Crippen LogP contribution in [0.2, 0.25) is 5.02 Å². The predicted octanol–water partition coefficient (Wildman–Crippen LogP) is 3.33. The maximum absolute atomic E-state index is 6.17. The minimum atomic E-state index is -0.520. The molecule has 1 aliphatic heterocycles. The molecular weight excluding hydrogens is 358 g/mol. The van der Waals surface area contributed by atoms with E-state index in [0.717, 1.165) is 11.1 Å². The van der Waals surface area contributed by atoms with Crippen LogP contribution in [0.3, 0.4) is 0 Å². The Hall–Kier alpha value is -2.77. The number of halogens is 1. The molecule has 124 valence electrons. The van der Waals surface area contributed by atoms with E-state index in [0.29, 0.717) is 16.0 Å². The van der Waals surface area contributed by atoms with Crippen molar-refractivity contribution < 1.29 is 4.74 Å². The van der Waals surface area contributed by atoms with Crippen molar-refractivity contribution in [3.63, 3.8) is 0 Å². The topological polar surface area (TPSA) is 55.5 Å². The highest BCUT2D eigenvalue weighted by atomic mass is 35.5. The van der Waals surface area contributed by atoms with E-state index in [1.165, 1.54) is 0 Å². The number of benzene rings is 2. The Bertz CT molecular complexity index is 912. The Morgan fingerprint density at radius 1 is 0.960 bits per heavy atom. The summed E-state index contributed by atoms with van der Waals surface area (Å²) in [6.07, 6.45) is 2.57. The maximum Gasteiger partial charge on any atom is 0.225 e. The molecule has 2 heterocycles. The lowest BCUT2D eigenvalue weighted by Gasteiger charge is -2.35. The van der Waals surface area contributed by atoms with Gasteiger partial charge >= 0.3 is 0 Å². The number of nitrogens with zero attached hydrogens (tertiary/aromatic N) is 5. The van der Waals surface area contributed by atoms with Crippen molar-refractivity contribution in [3.05, 3.63) is 83.4 Å². The van der Waals surface area contributed by atoms with E-state index in [2.05, 4.69) is 15.2 Å². The first-order valence-electron chi connectivity index (χ1n) is 7.47. The minimum absolute atomic E-state index is 0.352. The lowest BCUT2D eigenvalue weighted by Crippen LogP contribution is -2.46. The first-order valence-corrected chi connectivity index (χ1v) is 8.25. The molecule has 1 aliphatic rings. The number of ether oxygens (including phenoxy) is 1. The molecule has 25 heavy (non-hydrogen) atoms. The number of hydrogen-bond donors (Lipinski definition) is 0. The van der Waals surface area contributed by atoms with Crippen molar-refractivity contribution >= 4 is 34.8 Å². The number of rotatable bonds is 3. The second kappa shape index (κ2) is 6.62. The molecule has 0 bridgehead atoms. The fraction of sp³-hybridized carbons (Fsp3) is 0.0588. The van der Waals surface area contributed by atoms with Gasteiger partial charge in [0.05, 0.1) is 0 Å². The van der Waals surface area contributed by atoms with E-state index in [1.54, 1.807) is 22.3 Å². The van der Waals surface area contributed by atoms with Crippen LogP contribution in [-0.2, 0) is 4.74 Å². The van der Waals surface area contributed by atoms with Gasteiger partial charge in [0.25, 0.3) is 0 Å². The highest BCUT2D eigenvalue weighted by Gasteiger charge is 2.32. The molecule has 1 atom stereocenters. The third-order valence-electron chi connectivity index (χ3n) is 3.67. The zero-order valence-electron chi connectivity index (χ0n) is 12.9. The van der Waals surface area contributed by atoms with Gasteiger partial charge in [-0.1, -0.05) is 41.9 Å². The molecule has 0 saturated heterocycles. The van der Waals surface area contributed by atoms with Crippen LogP contribution in [0.1, 0.15) is 17.4 Å². The van der Waals surface area contributed by atoms with E-state index < -0.39 is 6.23 Å². The Morgan fingerprint density at radius 2 is 1.64 bits per heavy atom. The zero-order chi connectivity index (χ0) is 17.2. The lowest BCUT2D eigenvalue weighted by atomic mass is 10.1. The Balaban J connectivity index is 1.78. The number of aliphatic imine (C=N–C) groups is 1. The average molecular weight is 370 g/mol. The number of hydrogen-bond acceptors (Lipinski definition) is 4. The second-order valence-electron chi connectivity index (χ2n) is 5.27. The van der Waals surface area contributed by atoms with Gasteiger partial charge in [-0.15, -0.1) is 10.2 Å². The van der Waals surface area contributed by atoms with Crippen LogP contribution < -0.4 is 5.01 Å². The Labute approximate surface area is 154 Å². The average Bonchev–Trinajstić information content (AvgIpc) is 3.16. The van der Waals surface area contributed by atoms with E-state index >= 15 is 0 Å². The number of thiocarbonyl (C=S) groups is 1. The van der Waals surface area contributed by atoms with Crippen LogP contribution in [0.5, 0.6) is 0 Å². The Morgan fingerprint density at radius 3 is 2.32 bits per heavy atom. The summed E-state index contributed by atoms with van der Waals surface area (Å²) in [6, 6.07) is 17.0. The van der Waals surface area contributed by atoms with Crippen LogP contribution in [-0.4, -0.2) is 25.9 Å². The molecular formula is C17H12ClN5OS. The molecule has 0 fully saturated rings. The van der Waals surface area contributed by atoms with Crippen molar-refractivity contribution in [2.75, 3.05) is 5.01 Å². The summed E-state index contributed by atoms with van der Waals surface area (Å²) in [5, 5.41) is 10.4. The fourth-order valence-corrected chi connectivity index (χ4v) is 2.90. The highest BCUT2D eigenvalue weighted by molar-refractivity contribution is 7.80. The largest absolute Gasteiger partial charge is 0.447 e. The zero-order valence-corrected chi connectivity index (χ0v) is 14.4. The van der Waals surface area contributed by atoms with E-state index in [-0.39, 0.29) is 0 Å². The quantitative estimate of drug-likeness (QED) is 0.663. The summed E-state index contributed by atoms with van der Waals surface area (Å²) in [7, 11) is 0. The van der Waals surface area contributed by atoms with Crippen LogP contribution in [0, 0.1) is 0 Å². The molecule has 1 unspecified atom stereocenters. The van der Waals surface area contributed by atoms with Gasteiger partial charge in [0.15, 0.2) is 0 Å². The lowest BCUT2D eigenvalue weighted by molar-refractivity contribution is 0.172. The van der Waals surface area contributed by atoms with E-state index in [4.69, 9.17) is 28.6 Å². The predicted molar refractivity (Wildman–Crippen MR) is 99.1 cm³/mol. The SMILES string of the molecule is S=C1N=C(c2ccccc2)OC(c2ccc(Cl)cc2)N1n1cnnc1. The molecule has 0 spiro atoms. The van der Waals surface area contributed by atoms with Gasteiger partial charge in [-0.3, -0.25) is 0 Å². The summed E-state index contributed by atoms with van der Waals surface area (Å²) < 4.78 is 7.82. The van der Waals surface area contributed by atoms with Gasteiger partial charge in [0.1, 0.15) is 12.7 Å². The van der Waals surface area contributed by atoms with Crippen LogP contribution in [0.15, 0.2) is 72.2 Å². The monoisotopic (exact) mass is 369 g/mol. The van der Waals surface area contributed by atoms with Crippen molar-refractivity contribution in [3.8, 4) is 0 Å². The Kier molecular flexibility index (Phi) is 4.17. The molecule has 0 aliphatic carbocycles. The van der Waals surface area contributed by atoms with Crippen LogP contribution >= 0.6 is 23.8 Å². The molecule has 0 amide bonds. The van der Waals surface area contributed by atoms with Gasteiger partial charge in [-0.2, -0.15) is 4.99 Å². The molecule has 0 radical (unpaired) electrons. The van der Waals surface area contributed by atoms with Gasteiger partial charge in [-0.25, -0.2) is 9.69 Å². The van der Waals surface area contributed by atoms with Gasteiger partial charge in [-0.05, 0) is 36.5 Å². The maximum atomic E-state index is 6.17. The normalized spacial score (nSPS) is 17.2. The molecule has 4 rings (SSSR count).